The fourth-order valence-corrected chi connectivity index (χ4v) is 3.40. The summed E-state index contributed by atoms with van der Waals surface area (Å²) in [6.45, 7) is 2.10. The summed E-state index contributed by atoms with van der Waals surface area (Å²) >= 11 is 1.71. The number of nitrogens with zero attached hydrogens (tertiary/aromatic N) is 1. The van der Waals surface area contributed by atoms with Gasteiger partial charge in [-0.15, -0.1) is 11.3 Å². The first-order valence-corrected chi connectivity index (χ1v) is 8.45. The molecular weight excluding hydrogens is 300 g/mol. The molecule has 0 atom stereocenters. The highest BCUT2D eigenvalue weighted by Gasteiger charge is 2.09. The summed E-state index contributed by atoms with van der Waals surface area (Å²) < 4.78 is 1.18. The molecule has 0 aliphatic carbocycles. The molecule has 0 spiro atoms. The zero-order valence-corrected chi connectivity index (χ0v) is 13.6. The van der Waals surface area contributed by atoms with E-state index in [0.29, 0.717) is 0 Å². The van der Waals surface area contributed by atoms with Gasteiger partial charge in [-0.25, -0.2) is 4.98 Å². The lowest BCUT2D eigenvalue weighted by molar-refractivity contribution is 1.39. The van der Waals surface area contributed by atoms with Crippen LogP contribution in [0, 0.1) is 6.92 Å². The molecule has 112 valence electrons. The van der Waals surface area contributed by atoms with E-state index in [2.05, 4.69) is 66.2 Å². The van der Waals surface area contributed by atoms with Gasteiger partial charge in [0.15, 0.2) is 0 Å². The number of thiophene rings is 1. The van der Waals surface area contributed by atoms with Gasteiger partial charge in [0.2, 0.25) is 0 Å². The second-order valence-corrected chi connectivity index (χ2v) is 6.46. The molecule has 0 aliphatic rings. The van der Waals surface area contributed by atoms with Crippen LogP contribution in [0.3, 0.4) is 0 Å². The number of nitrogens with one attached hydrogen (secondary N) is 1. The Bertz CT molecular complexity index is 940. The third kappa shape index (κ3) is 2.83. The molecular formula is C20H16N2S. The summed E-state index contributed by atoms with van der Waals surface area (Å²) in [6, 6.07) is 23.0. The van der Waals surface area contributed by atoms with Crippen LogP contribution in [0.15, 0.2) is 72.1 Å². The van der Waals surface area contributed by atoms with Crippen LogP contribution in [-0.4, -0.2) is 4.98 Å². The Balaban J connectivity index is 1.82. The number of pyridine rings is 1. The molecule has 23 heavy (non-hydrogen) atoms. The third-order valence-corrected chi connectivity index (χ3v) is 4.75. The van der Waals surface area contributed by atoms with Gasteiger partial charge in [0.1, 0.15) is 0 Å². The molecule has 3 heteroatoms. The summed E-state index contributed by atoms with van der Waals surface area (Å²) in [4.78, 5) is 4.81. The lowest BCUT2D eigenvalue weighted by Gasteiger charge is -2.10. The van der Waals surface area contributed by atoms with Gasteiger partial charge < -0.3 is 5.32 Å². The number of aryl methyl sites for hydroxylation is 1. The summed E-state index contributed by atoms with van der Waals surface area (Å²) in [5.74, 6) is 0. The van der Waals surface area contributed by atoms with E-state index in [-0.39, 0.29) is 0 Å². The molecule has 0 unspecified atom stereocenters. The van der Waals surface area contributed by atoms with Crippen LogP contribution in [0.2, 0.25) is 0 Å². The zero-order chi connectivity index (χ0) is 15.6. The van der Waals surface area contributed by atoms with Crippen LogP contribution in [0.25, 0.3) is 21.5 Å². The number of benzene rings is 2. The molecule has 2 heterocycles. The lowest BCUT2D eigenvalue weighted by Crippen LogP contribution is -1.93. The van der Waals surface area contributed by atoms with E-state index in [9.17, 15) is 0 Å². The van der Waals surface area contributed by atoms with Gasteiger partial charge in [0.05, 0.1) is 21.6 Å². The summed E-state index contributed by atoms with van der Waals surface area (Å²) in [6.07, 6.45) is 0. The van der Waals surface area contributed by atoms with E-state index in [1.54, 1.807) is 11.3 Å². The number of fused-ring (bicyclic) bond motifs is 1. The predicted octanol–water partition coefficient (Wildman–Crippen LogP) is 6.02. The average molecular weight is 316 g/mol. The van der Waals surface area contributed by atoms with E-state index in [0.717, 1.165) is 28.1 Å². The number of hydrogen-bond acceptors (Lipinski definition) is 3. The first kappa shape index (κ1) is 14.0. The van der Waals surface area contributed by atoms with Crippen molar-refractivity contribution in [3.8, 4) is 11.3 Å². The topological polar surface area (TPSA) is 24.9 Å². The predicted molar refractivity (Wildman–Crippen MR) is 99.5 cm³/mol. The standard InChI is InChI=1S/C20H16N2S/c1-14-7-9-15(10-8-14)18-13-19(20-17(22-18)11-12-23-20)21-16-5-3-2-4-6-16/h2-13H,1H3,(H,21,22). The molecule has 2 aromatic heterocycles. The minimum Gasteiger partial charge on any atom is -0.354 e. The Morgan fingerprint density at radius 2 is 1.70 bits per heavy atom. The minimum atomic E-state index is 0.995. The number of para-hydroxylation sites is 1. The van der Waals surface area contributed by atoms with E-state index < -0.39 is 0 Å². The fourth-order valence-electron chi connectivity index (χ4n) is 2.60. The Morgan fingerprint density at radius 3 is 2.48 bits per heavy atom. The molecule has 4 aromatic rings. The van der Waals surface area contributed by atoms with Gasteiger partial charge in [0.25, 0.3) is 0 Å². The maximum absolute atomic E-state index is 4.81. The Hall–Kier alpha value is -2.65. The van der Waals surface area contributed by atoms with Gasteiger partial charge >= 0.3 is 0 Å². The highest BCUT2D eigenvalue weighted by Crippen LogP contribution is 2.33. The molecule has 0 aliphatic heterocycles. The Labute approximate surface area is 139 Å². The van der Waals surface area contributed by atoms with Gasteiger partial charge in [0, 0.05) is 11.3 Å². The molecule has 0 fully saturated rings. The van der Waals surface area contributed by atoms with Gasteiger partial charge in [-0.2, -0.15) is 0 Å². The van der Waals surface area contributed by atoms with Gasteiger partial charge in [-0.05, 0) is 36.6 Å². The SMILES string of the molecule is Cc1ccc(-c2cc(Nc3ccccc3)c3sccc3n2)cc1. The molecule has 0 radical (unpaired) electrons. The van der Waals surface area contributed by atoms with E-state index in [1.807, 2.05) is 18.2 Å². The van der Waals surface area contributed by atoms with Gasteiger partial charge in [-0.3, -0.25) is 0 Å². The average Bonchev–Trinajstić information content (AvgIpc) is 3.05. The van der Waals surface area contributed by atoms with E-state index in [1.165, 1.54) is 10.3 Å². The third-order valence-electron chi connectivity index (χ3n) is 3.81. The first-order chi connectivity index (χ1) is 11.3. The molecule has 4 rings (SSSR count). The van der Waals surface area contributed by atoms with Crippen molar-refractivity contribution in [3.63, 3.8) is 0 Å². The van der Waals surface area contributed by atoms with Crippen LogP contribution in [0.5, 0.6) is 0 Å². The monoisotopic (exact) mass is 316 g/mol. The second-order valence-electron chi connectivity index (χ2n) is 5.55. The number of aromatic nitrogens is 1. The zero-order valence-electron chi connectivity index (χ0n) is 12.8. The van der Waals surface area contributed by atoms with E-state index in [4.69, 9.17) is 4.98 Å². The van der Waals surface area contributed by atoms with Crippen LogP contribution < -0.4 is 5.32 Å². The molecule has 1 N–H and O–H groups in total. The highest BCUT2D eigenvalue weighted by atomic mass is 32.1. The fraction of sp³-hybridized carbons (Fsp3) is 0.0500. The van der Waals surface area contributed by atoms with Crippen molar-refractivity contribution in [1.82, 2.24) is 4.98 Å². The van der Waals surface area contributed by atoms with Crippen molar-refractivity contribution in [3.05, 3.63) is 77.7 Å². The lowest BCUT2D eigenvalue weighted by atomic mass is 10.1. The van der Waals surface area contributed by atoms with Gasteiger partial charge in [-0.1, -0.05) is 48.0 Å². The Kier molecular flexibility index (Phi) is 3.56. The summed E-state index contributed by atoms with van der Waals surface area (Å²) in [5.41, 5.74) is 6.61. The minimum absolute atomic E-state index is 0.995. The molecule has 0 amide bonds. The Morgan fingerprint density at radius 1 is 0.913 bits per heavy atom. The van der Waals surface area contributed by atoms with Crippen molar-refractivity contribution in [1.29, 1.82) is 0 Å². The highest BCUT2D eigenvalue weighted by molar-refractivity contribution is 7.17. The van der Waals surface area contributed by atoms with Crippen LogP contribution in [0.1, 0.15) is 5.56 Å². The van der Waals surface area contributed by atoms with Crippen molar-refractivity contribution in [2.45, 2.75) is 6.92 Å². The largest absolute Gasteiger partial charge is 0.354 e. The molecule has 2 nitrogen and oxygen atoms in total. The van der Waals surface area contributed by atoms with Crippen molar-refractivity contribution in [2.24, 2.45) is 0 Å². The maximum Gasteiger partial charge on any atom is 0.0838 e. The number of anilines is 2. The smallest absolute Gasteiger partial charge is 0.0838 e. The second kappa shape index (κ2) is 5.86. The molecule has 0 bridgehead atoms. The normalized spacial score (nSPS) is 10.8. The summed E-state index contributed by atoms with van der Waals surface area (Å²) in [5, 5.41) is 5.62. The van der Waals surface area contributed by atoms with Crippen molar-refractivity contribution < 1.29 is 0 Å². The maximum atomic E-state index is 4.81. The molecule has 0 saturated carbocycles. The number of hydrogen-bond donors (Lipinski definition) is 1. The van der Waals surface area contributed by atoms with Crippen LogP contribution in [-0.2, 0) is 0 Å². The van der Waals surface area contributed by atoms with E-state index >= 15 is 0 Å². The molecule has 2 aromatic carbocycles. The molecule has 0 saturated heterocycles. The quantitative estimate of drug-likeness (QED) is 0.500. The van der Waals surface area contributed by atoms with Crippen LogP contribution >= 0.6 is 11.3 Å². The van der Waals surface area contributed by atoms with Crippen molar-refractivity contribution >= 4 is 32.9 Å². The van der Waals surface area contributed by atoms with Crippen molar-refractivity contribution in [2.75, 3.05) is 5.32 Å². The summed E-state index contributed by atoms with van der Waals surface area (Å²) in [7, 11) is 0. The first-order valence-electron chi connectivity index (χ1n) is 7.57. The van der Waals surface area contributed by atoms with Crippen LogP contribution in [0.4, 0.5) is 11.4 Å². The number of rotatable bonds is 3.